The standard InChI is InChI=1S/C24H22FN5O3/c1-15-12-27-23(28-19-9-5-8-18(25)11-19)30-22(15)17-10-21(26-13-17)33-24(32)29-20(14-31)16-6-3-2-4-7-16/h2-13,20,26,31H,14H2,1H3,(H,29,32)(H,27,28,30). The zero-order valence-electron chi connectivity index (χ0n) is 17.7. The number of amides is 1. The summed E-state index contributed by atoms with van der Waals surface area (Å²) in [5.41, 5.74) is 3.39. The van der Waals surface area contributed by atoms with Crippen molar-refractivity contribution in [1.82, 2.24) is 20.3 Å². The Hall–Kier alpha value is -4.24. The quantitative estimate of drug-likeness (QED) is 0.332. The Morgan fingerprint density at radius 3 is 2.76 bits per heavy atom. The maximum atomic E-state index is 13.4. The van der Waals surface area contributed by atoms with Crippen molar-refractivity contribution in [2.24, 2.45) is 0 Å². The van der Waals surface area contributed by atoms with Gasteiger partial charge in [-0.1, -0.05) is 36.4 Å². The summed E-state index contributed by atoms with van der Waals surface area (Å²) in [6.07, 6.45) is 2.60. The van der Waals surface area contributed by atoms with Gasteiger partial charge in [0.25, 0.3) is 0 Å². The van der Waals surface area contributed by atoms with E-state index in [4.69, 9.17) is 4.74 Å². The fraction of sp³-hybridized carbons (Fsp3) is 0.125. The third-order valence-corrected chi connectivity index (χ3v) is 4.86. The number of nitrogens with one attached hydrogen (secondary N) is 3. The van der Waals surface area contributed by atoms with Gasteiger partial charge in [0, 0.05) is 29.7 Å². The first-order valence-electron chi connectivity index (χ1n) is 10.2. The van der Waals surface area contributed by atoms with E-state index in [1.54, 1.807) is 42.7 Å². The highest BCUT2D eigenvalue weighted by molar-refractivity contribution is 5.72. The zero-order valence-corrected chi connectivity index (χ0v) is 17.7. The largest absolute Gasteiger partial charge is 0.414 e. The number of carbonyl (C=O) groups excluding carboxylic acids is 1. The summed E-state index contributed by atoms with van der Waals surface area (Å²) in [6, 6.07) is 16.2. The van der Waals surface area contributed by atoms with Crippen LogP contribution in [0.3, 0.4) is 0 Å². The summed E-state index contributed by atoms with van der Waals surface area (Å²) in [6.45, 7) is 1.59. The Bertz CT molecular complexity index is 1250. The number of anilines is 2. The van der Waals surface area contributed by atoms with E-state index in [2.05, 4.69) is 25.6 Å². The van der Waals surface area contributed by atoms with Crippen molar-refractivity contribution in [2.75, 3.05) is 11.9 Å². The molecule has 8 nitrogen and oxygen atoms in total. The molecule has 4 rings (SSSR count). The minimum atomic E-state index is -0.709. The summed E-state index contributed by atoms with van der Waals surface area (Å²) >= 11 is 0. The van der Waals surface area contributed by atoms with Crippen LogP contribution in [0.1, 0.15) is 17.2 Å². The number of aromatic nitrogens is 3. The van der Waals surface area contributed by atoms with Gasteiger partial charge in [0.2, 0.25) is 11.8 Å². The van der Waals surface area contributed by atoms with Crippen LogP contribution in [0.2, 0.25) is 0 Å². The van der Waals surface area contributed by atoms with Crippen molar-refractivity contribution in [3.8, 4) is 17.1 Å². The summed E-state index contributed by atoms with van der Waals surface area (Å²) in [7, 11) is 0. The summed E-state index contributed by atoms with van der Waals surface area (Å²) in [5, 5.41) is 15.2. The van der Waals surface area contributed by atoms with Crippen LogP contribution in [0.25, 0.3) is 11.3 Å². The molecule has 0 fully saturated rings. The minimum Gasteiger partial charge on any atom is -0.394 e. The van der Waals surface area contributed by atoms with E-state index in [9.17, 15) is 14.3 Å². The Kier molecular flexibility index (Phi) is 6.61. The van der Waals surface area contributed by atoms with Gasteiger partial charge in [-0.25, -0.2) is 19.2 Å². The van der Waals surface area contributed by atoms with Crippen molar-refractivity contribution in [3.05, 3.63) is 90.0 Å². The zero-order chi connectivity index (χ0) is 23.2. The molecule has 0 spiro atoms. The van der Waals surface area contributed by atoms with Gasteiger partial charge in [0.05, 0.1) is 18.3 Å². The normalized spacial score (nSPS) is 11.6. The van der Waals surface area contributed by atoms with Crippen LogP contribution in [0.5, 0.6) is 5.88 Å². The number of aliphatic hydroxyl groups excluding tert-OH is 1. The number of halogens is 1. The van der Waals surface area contributed by atoms with Crippen molar-refractivity contribution in [2.45, 2.75) is 13.0 Å². The topological polar surface area (TPSA) is 112 Å². The first-order chi connectivity index (χ1) is 16.0. The first-order valence-corrected chi connectivity index (χ1v) is 10.2. The van der Waals surface area contributed by atoms with Crippen molar-refractivity contribution in [1.29, 1.82) is 0 Å². The molecule has 2 heterocycles. The Morgan fingerprint density at radius 1 is 1.18 bits per heavy atom. The molecule has 1 unspecified atom stereocenters. The van der Waals surface area contributed by atoms with E-state index in [0.717, 1.165) is 11.1 Å². The maximum absolute atomic E-state index is 13.4. The summed E-state index contributed by atoms with van der Waals surface area (Å²) in [4.78, 5) is 24.0. The summed E-state index contributed by atoms with van der Waals surface area (Å²) < 4.78 is 18.8. The number of hydrogen-bond acceptors (Lipinski definition) is 6. The predicted octanol–water partition coefficient (Wildman–Crippen LogP) is 4.48. The lowest BCUT2D eigenvalue weighted by Crippen LogP contribution is -2.33. The molecule has 0 aliphatic rings. The van der Waals surface area contributed by atoms with Crippen LogP contribution in [0, 0.1) is 12.7 Å². The minimum absolute atomic E-state index is 0.213. The number of aryl methyl sites for hydroxylation is 1. The number of aliphatic hydroxyl groups is 1. The molecule has 1 amide bonds. The van der Waals surface area contributed by atoms with Gasteiger partial charge in [-0.3, -0.25) is 0 Å². The molecule has 0 radical (unpaired) electrons. The number of hydrogen-bond donors (Lipinski definition) is 4. The molecular formula is C24H22FN5O3. The molecular weight excluding hydrogens is 425 g/mol. The average Bonchev–Trinajstić information content (AvgIpc) is 3.27. The van der Waals surface area contributed by atoms with Crippen LogP contribution in [0.4, 0.5) is 20.8 Å². The van der Waals surface area contributed by atoms with Crippen LogP contribution in [-0.4, -0.2) is 32.8 Å². The van der Waals surface area contributed by atoms with Gasteiger partial charge in [0.1, 0.15) is 5.82 Å². The molecule has 1 atom stereocenters. The molecule has 0 bridgehead atoms. The number of H-pyrrole nitrogens is 1. The van der Waals surface area contributed by atoms with Gasteiger partial charge in [-0.05, 0) is 36.2 Å². The van der Waals surface area contributed by atoms with E-state index < -0.39 is 12.1 Å². The van der Waals surface area contributed by atoms with Gasteiger partial charge < -0.3 is 25.5 Å². The monoisotopic (exact) mass is 447 g/mol. The van der Waals surface area contributed by atoms with Crippen LogP contribution >= 0.6 is 0 Å². The van der Waals surface area contributed by atoms with Crippen molar-refractivity contribution < 1.29 is 19.0 Å². The molecule has 2 aromatic heterocycles. The average molecular weight is 447 g/mol. The van der Waals surface area contributed by atoms with Crippen molar-refractivity contribution in [3.63, 3.8) is 0 Å². The third-order valence-electron chi connectivity index (χ3n) is 4.86. The highest BCUT2D eigenvalue weighted by Crippen LogP contribution is 2.26. The number of ether oxygens (including phenoxy) is 1. The number of nitrogens with zero attached hydrogens (tertiary/aromatic N) is 2. The molecule has 0 saturated heterocycles. The number of aromatic amines is 1. The van der Waals surface area contributed by atoms with Crippen LogP contribution in [0.15, 0.2) is 73.1 Å². The highest BCUT2D eigenvalue weighted by Gasteiger charge is 2.16. The molecule has 4 N–H and O–H groups in total. The third kappa shape index (κ3) is 5.52. The molecule has 33 heavy (non-hydrogen) atoms. The smallest absolute Gasteiger partial charge is 0.394 e. The number of benzene rings is 2. The van der Waals surface area contributed by atoms with Gasteiger partial charge in [-0.15, -0.1) is 0 Å². The van der Waals surface area contributed by atoms with Crippen LogP contribution in [-0.2, 0) is 0 Å². The second-order valence-electron chi connectivity index (χ2n) is 7.29. The second kappa shape index (κ2) is 9.92. The molecule has 9 heteroatoms. The lowest BCUT2D eigenvalue weighted by Gasteiger charge is -2.15. The fourth-order valence-electron chi connectivity index (χ4n) is 3.25. The predicted molar refractivity (Wildman–Crippen MR) is 122 cm³/mol. The SMILES string of the molecule is Cc1cnc(Nc2cccc(F)c2)nc1-c1c[nH]c(OC(=O)NC(CO)c2ccccc2)c1. The van der Waals surface area contributed by atoms with Gasteiger partial charge in [0.15, 0.2) is 0 Å². The second-order valence-corrected chi connectivity index (χ2v) is 7.29. The molecule has 4 aromatic rings. The molecule has 0 saturated carbocycles. The Labute approximate surface area is 189 Å². The molecule has 168 valence electrons. The Balaban J connectivity index is 1.46. The lowest BCUT2D eigenvalue weighted by molar-refractivity contribution is 0.182. The Morgan fingerprint density at radius 2 is 2.00 bits per heavy atom. The maximum Gasteiger partial charge on any atom is 0.414 e. The van der Waals surface area contributed by atoms with E-state index in [1.807, 2.05) is 25.1 Å². The molecule has 0 aliphatic heterocycles. The van der Waals surface area contributed by atoms with Crippen LogP contribution < -0.4 is 15.4 Å². The van der Waals surface area contributed by atoms with Crippen molar-refractivity contribution >= 4 is 17.7 Å². The first kappa shape index (κ1) is 22.0. The number of rotatable bonds is 7. The highest BCUT2D eigenvalue weighted by atomic mass is 19.1. The number of carbonyl (C=O) groups is 1. The molecule has 0 aliphatic carbocycles. The fourth-order valence-corrected chi connectivity index (χ4v) is 3.25. The van der Waals surface area contributed by atoms with E-state index in [1.165, 1.54) is 12.1 Å². The summed E-state index contributed by atoms with van der Waals surface area (Å²) in [5.74, 6) is 0.148. The van der Waals surface area contributed by atoms with E-state index in [-0.39, 0.29) is 18.3 Å². The lowest BCUT2D eigenvalue weighted by atomic mass is 10.1. The van der Waals surface area contributed by atoms with Gasteiger partial charge >= 0.3 is 6.09 Å². The molecule has 2 aromatic carbocycles. The van der Waals surface area contributed by atoms with Gasteiger partial charge in [-0.2, -0.15) is 0 Å². The van der Waals surface area contributed by atoms with E-state index in [0.29, 0.717) is 22.9 Å². The van der Waals surface area contributed by atoms with E-state index >= 15 is 0 Å².